The second kappa shape index (κ2) is 16.8. The van der Waals surface area contributed by atoms with E-state index in [2.05, 4.69) is 20.8 Å². The van der Waals surface area contributed by atoms with Crippen molar-refractivity contribution in [3.8, 4) is 11.5 Å². The summed E-state index contributed by atoms with van der Waals surface area (Å²) in [5.41, 5.74) is 1.69. The zero-order chi connectivity index (χ0) is 26.3. The average molecular weight is 527 g/mol. The molecule has 0 bridgehead atoms. The van der Waals surface area contributed by atoms with Gasteiger partial charge in [0, 0.05) is 5.75 Å². The summed E-state index contributed by atoms with van der Waals surface area (Å²) in [5, 5.41) is 0. The van der Waals surface area contributed by atoms with Crippen LogP contribution in [0.5, 0.6) is 11.5 Å². The van der Waals surface area contributed by atoms with Crippen LogP contribution in [-0.2, 0) is 4.74 Å². The Morgan fingerprint density at radius 2 is 1.57 bits per heavy atom. The zero-order valence-corrected chi connectivity index (χ0v) is 23.9. The third-order valence-electron chi connectivity index (χ3n) is 7.12. The summed E-state index contributed by atoms with van der Waals surface area (Å²) >= 11 is 1.88. The number of carbonyl (C=O) groups is 1. The van der Waals surface area contributed by atoms with Gasteiger partial charge in [0.15, 0.2) is 0 Å². The summed E-state index contributed by atoms with van der Waals surface area (Å²) < 4.78 is 17.5. The van der Waals surface area contributed by atoms with Crippen LogP contribution < -0.4 is 9.47 Å². The van der Waals surface area contributed by atoms with Gasteiger partial charge in [0.05, 0.1) is 18.8 Å². The number of ether oxygens (including phenoxy) is 3. The van der Waals surface area contributed by atoms with Gasteiger partial charge in [-0.15, -0.1) is 11.8 Å². The quantitative estimate of drug-likeness (QED) is 0.124. The summed E-state index contributed by atoms with van der Waals surface area (Å²) in [5.74, 6) is 3.26. The Labute approximate surface area is 228 Å². The fourth-order valence-corrected chi connectivity index (χ4v) is 5.61. The van der Waals surface area contributed by atoms with Crippen LogP contribution >= 0.6 is 11.8 Å². The van der Waals surface area contributed by atoms with Crippen LogP contribution in [0.4, 0.5) is 0 Å². The summed E-state index contributed by atoms with van der Waals surface area (Å²) in [6, 6.07) is 14.9. The number of unbranched alkanes of at least 4 members (excludes halogenated alkanes) is 7. The van der Waals surface area contributed by atoms with Crippen molar-refractivity contribution < 1.29 is 19.0 Å². The zero-order valence-electron chi connectivity index (χ0n) is 23.1. The second-order valence-electron chi connectivity index (χ2n) is 10.4. The smallest absolute Gasteiger partial charge is 0.343 e. The molecule has 0 spiro atoms. The first-order valence-electron chi connectivity index (χ1n) is 14.4. The molecule has 0 amide bonds. The minimum Gasteiger partial charge on any atom is -0.493 e. The first-order valence-corrected chi connectivity index (χ1v) is 15.4. The summed E-state index contributed by atoms with van der Waals surface area (Å²) in [7, 11) is 0. The Bertz CT molecular complexity index is 888. The molecule has 204 valence electrons. The lowest BCUT2D eigenvalue weighted by atomic mass is 10.0. The molecular formula is C32H46O4S. The maximum atomic E-state index is 12.6. The first-order chi connectivity index (χ1) is 18.1. The molecule has 0 aliphatic carbocycles. The number of thioether (sulfide) groups is 1. The Morgan fingerprint density at radius 1 is 0.919 bits per heavy atom. The lowest BCUT2D eigenvalue weighted by molar-refractivity contribution is 0.0724. The fourth-order valence-electron chi connectivity index (χ4n) is 4.37. The highest BCUT2D eigenvalue weighted by Crippen LogP contribution is 2.38. The molecule has 1 fully saturated rings. The van der Waals surface area contributed by atoms with Gasteiger partial charge < -0.3 is 14.2 Å². The molecular weight excluding hydrogens is 480 g/mol. The topological polar surface area (TPSA) is 44.8 Å². The van der Waals surface area contributed by atoms with E-state index in [9.17, 15) is 4.79 Å². The highest BCUT2D eigenvalue weighted by molar-refractivity contribution is 7.99. The van der Waals surface area contributed by atoms with Crippen LogP contribution in [0.25, 0.3) is 0 Å². The third kappa shape index (κ3) is 10.7. The molecule has 3 atom stereocenters. The summed E-state index contributed by atoms with van der Waals surface area (Å²) in [4.78, 5) is 12.6. The van der Waals surface area contributed by atoms with Crippen molar-refractivity contribution in [3.05, 3.63) is 59.7 Å². The number of rotatable bonds is 16. The fraction of sp³-hybridized carbons (Fsp3) is 0.594. The van der Waals surface area contributed by atoms with Gasteiger partial charge in [-0.3, -0.25) is 0 Å². The van der Waals surface area contributed by atoms with E-state index in [1.165, 1.54) is 57.8 Å². The van der Waals surface area contributed by atoms with Crippen molar-refractivity contribution >= 4 is 17.7 Å². The Hall–Kier alpha value is -1.98. The van der Waals surface area contributed by atoms with Crippen LogP contribution in [0, 0.1) is 11.8 Å². The maximum Gasteiger partial charge on any atom is 0.343 e. The third-order valence-corrected chi connectivity index (χ3v) is 8.49. The minimum atomic E-state index is -0.367. The van der Waals surface area contributed by atoms with Crippen molar-refractivity contribution in [1.82, 2.24) is 0 Å². The molecule has 0 radical (unpaired) electrons. The predicted molar refractivity (Wildman–Crippen MR) is 155 cm³/mol. The van der Waals surface area contributed by atoms with E-state index in [-0.39, 0.29) is 11.4 Å². The van der Waals surface area contributed by atoms with Crippen LogP contribution in [0.1, 0.15) is 106 Å². The lowest BCUT2D eigenvalue weighted by Crippen LogP contribution is -2.20. The van der Waals surface area contributed by atoms with Gasteiger partial charge in [0.1, 0.15) is 16.9 Å². The van der Waals surface area contributed by atoms with E-state index in [0.29, 0.717) is 29.8 Å². The van der Waals surface area contributed by atoms with E-state index in [4.69, 9.17) is 14.2 Å². The molecule has 1 saturated heterocycles. The molecule has 37 heavy (non-hydrogen) atoms. The highest BCUT2D eigenvalue weighted by atomic mass is 32.2. The normalized spacial score (nSPS) is 18.4. The molecule has 1 aliphatic heterocycles. The SMILES string of the molecule is CCCCCCCCCCC1COC(c2ccc(OC(=O)c3ccc(OCC(C)CC)cc3)cc2)SC1. The van der Waals surface area contributed by atoms with E-state index in [0.717, 1.165) is 30.1 Å². The van der Waals surface area contributed by atoms with Gasteiger partial charge in [0.2, 0.25) is 0 Å². The van der Waals surface area contributed by atoms with Gasteiger partial charge in [-0.25, -0.2) is 4.79 Å². The summed E-state index contributed by atoms with van der Waals surface area (Å²) in [6.45, 7) is 8.09. The average Bonchev–Trinajstić information content (AvgIpc) is 2.94. The van der Waals surface area contributed by atoms with Gasteiger partial charge in [0.25, 0.3) is 0 Å². The number of carbonyl (C=O) groups excluding carboxylic acids is 1. The molecule has 2 aromatic rings. The molecule has 0 saturated carbocycles. The Morgan fingerprint density at radius 3 is 2.19 bits per heavy atom. The van der Waals surface area contributed by atoms with Crippen LogP contribution in [0.3, 0.4) is 0 Å². The number of hydrogen-bond acceptors (Lipinski definition) is 5. The van der Waals surface area contributed by atoms with Crippen LogP contribution in [0.2, 0.25) is 0 Å². The first kappa shape index (κ1) is 29.6. The van der Waals surface area contributed by atoms with Gasteiger partial charge in [-0.1, -0.05) is 90.7 Å². The second-order valence-corrected chi connectivity index (χ2v) is 11.5. The molecule has 0 aromatic heterocycles. The molecule has 1 aliphatic rings. The van der Waals surface area contributed by atoms with E-state index in [1.54, 1.807) is 12.1 Å². The number of esters is 1. The largest absolute Gasteiger partial charge is 0.493 e. The van der Waals surface area contributed by atoms with Gasteiger partial charge in [-0.05, 0) is 60.2 Å². The molecule has 0 N–H and O–H groups in total. The van der Waals surface area contributed by atoms with Crippen LogP contribution in [0.15, 0.2) is 48.5 Å². The molecule has 1 heterocycles. The Balaban J connectivity index is 1.35. The van der Waals surface area contributed by atoms with E-state index < -0.39 is 0 Å². The summed E-state index contributed by atoms with van der Waals surface area (Å²) in [6.07, 6.45) is 13.3. The minimum absolute atomic E-state index is 0.0579. The van der Waals surface area contributed by atoms with E-state index in [1.807, 2.05) is 48.2 Å². The van der Waals surface area contributed by atoms with Crippen molar-refractivity contribution in [1.29, 1.82) is 0 Å². The molecule has 5 heteroatoms. The lowest BCUT2D eigenvalue weighted by Gasteiger charge is -2.29. The Kier molecular flexibility index (Phi) is 13.4. The van der Waals surface area contributed by atoms with Crippen molar-refractivity contribution in [2.75, 3.05) is 19.0 Å². The number of hydrogen-bond donors (Lipinski definition) is 0. The van der Waals surface area contributed by atoms with E-state index >= 15 is 0 Å². The molecule has 3 rings (SSSR count). The van der Waals surface area contributed by atoms with Gasteiger partial charge >= 0.3 is 5.97 Å². The number of benzene rings is 2. The standard InChI is InChI=1S/C32H46O4S/c1-4-6-7-8-9-10-11-12-13-26-23-35-32(37-24-26)28-16-20-30(21-17-28)36-31(33)27-14-18-29(19-15-27)34-22-25(3)5-2/h14-21,25-26,32H,4-13,22-24H2,1-3H3. The monoisotopic (exact) mass is 526 g/mol. The van der Waals surface area contributed by atoms with Crippen LogP contribution in [-0.4, -0.2) is 24.9 Å². The van der Waals surface area contributed by atoms with Gasteiger partial charge in [-0.2, -0.15) is 0 Å². The molecule has 3 unspecified atom stereocenters. The van der Waals surface area contributed by atoms with Crippen molar-refractivity contribution in [2.24, 2.45) is 11.8 Å². The van der Waals surface area contributed by atoms with Crippen molar-refractivity contribution in [2.45, 2.75) is 90.4 Å². The maximum absolute atomic E-state index is 12.6. The molecule has 4 nitrogen and oxygen atoms in total. The predicted octanol–water partition coefficient (Wildman–Crippen LogP) is 9.24. The van der Waals surface area contributed by atoms with Crippen molar-refractivity contribution in [3.63, 3.8) is 0 Å². The highest BCUT2D eigenvalue weighted by Gasteiger charge is 2.23. The molecule has 2 aromatic carbocycles.